The third kappa shape index (κ3) is 5.50. The van der Waals surface area contributed by atoms with E-state index in [0.29, 0.717) is 34.8 Å². The molecule has 4 aromatic rings. The van der Waals surface area contributed by atoms with Gasteiger partial charge >= 0.3 is 5.97 Å². The Morgan fingerprint density at radius 2 is 1.74 bits per heavy atom. The smallest absolute Gasteiger partial charge is 0.344 e. The number of carbonyl (C=O) groups excluding carboxylic acids is 2. The van der Waals surface area contributed by atoms with Crippen LogP contribution in [0.5, 0.6) is 11.5 Å². The first kappa shape index (κ1) is 23.2. The fraction of sp³-hybridized carbons (Fsp3) is 0.0741. The molecule has 0 aliphatic heterocycles. The second kappa shape index (κ2) is 10.8. The van der Waals surface area contributed by atoms with E-state index in [-0.39, 0.29) is 5.91 Å². The average molecular weight is 517 g/mol. The van der Waals surface area contributed by atoms with Gasteiger partial charge in [-0.3, -0.25) is 4.79 Å². The molecule has 0 bridgehead atoms. The predicted molar refractivity (Wildman–Crippen MR) is 136 cm³/mol. The number of nitrogens with zero attached hydrogens (tertiary/aromatic N) is 1. The highest BCUT2D eigenvalue weighted by Crippen LogP contribution is 2.30. The number of hydrogen-bond donors (Lipinski definition) is 1. The summed E-state index contributed by atoms with van der Waals surface area (Å²) in [6.45, 7) is 2.23. The van der Waals surface area contributed by atoms with Crippen molar-refractivity contribution in [2.75, 3.05) is 6.61 Å². The van der Waals surface area contributed by atoms with Gasteiger partial charge in [-0.25, -0.2) is 10.2 Å². The van der Waals surface area contributed by atoms with Crippen LogP contribution in [0.25, 0.3) is 10.8 Å². The minimum Gasteiger partial charge on any atom is -0.490 e. The zero-order valence-corrected chi connectivity index (χ0v) is 19.9. The van der Waals surface area contributed by atoms with Gasteiger partial charge in [-0.05, 0) is 65.7 Å². The van der Waals surface area contributed by atoms with E-state index in [1.165, 1.54) is 6.21 Å². The molecule has 4 aromatic carbocycles. The molecule has 0 saturated heterocycles. The van der Waals surface area contributed by atoms with E-state index >= 15 is 0 Å². The maximum Gasteiger partial charge on any atom is 0.344 e. The lowest BCUT2D eigenvalue weighted by atomic mass is 10.0. The molecule has 0 aromatic heterocycles. The van der Waals surface area contributed by atoms with Crippen LogP contribution in [-0.4, -0.2) is 24.7 Å². The van der Waals surface area contributed by atoms with Gasteiger partial charge in [-0.1, -0.05) is 58.4 Å². The van der Waals surface area contributed by atoms with Crippen LogP contribution in [0.1, 0.15) is 33.2 Å². The second-order valence-electron chi connectivity index (χ2n) is 7.26. The monoisotopic (exact) mass is 516 g/mol. The summed E-state index contributed by atoms with van der Waals surface area (Å²) in [5.74, 6) is -0.0999. The molecule has 0 radical (unpaired) electrons. The number of nitrogens with one attached hydrogen (secondary N) is 1. The van der Waals surface area contributed by atoms with Crippen molar-refractivity contribution in [1.29, 1.82) is 0 Å². The molecule has 4 rings (SSSR count). The molecule has 0 aliphatic rings. The fourth-order valence-electron chi connectivity index (χ4n) is 3.38. The van der Waals surface area contributed by atoms with E-state index in [9.17, 15) is 9.59 Å². The highest BCUT2D eigenvalue weighted by Gasteiger charge is 2.15. The molecule has 6 nitrogen and oxygen atoms in total. The van der Waals surface area contributed by atoms with Crippen molar-refractivity contribution in [3.05, 3.63) is 106 Å². The molecule has 0 fully saturated rings. The molecule has 0 saturated carbocycles. The Balaban J connectivity index is 1.50. The van der Waals surface area contributed by atoms with Gasteiger partial charge in [0.05, 0.1) is 18.4 Å². The molecular weight excluding hydrogens is 496 g/mol. The number of carbonyl (C=O) groups is 2. The van der Waals surface area contributed by atoms with Crippen LogP contribution < -0.4 is 14.9 Å². The molecule has 34 heavy (non-hydrogen) atoms. The van der Waals surface area contributed by atoms with Crippen LogP contribution >= 0.6 is 15.9 Å². The van der Waals surface area contributed by atoms with E-state index in [2.05, 4.69) is 26.5 Å². The number of ether oxygens (including phenoxy) is 2. The van der Waals surface area contributed by atoms with Gasteiger partial charge in [0.25, 0.3) is 5.91 Å². The normalized spacial score (nSPS) is 10.9. The summed E-state index contributed by atoms with van der Waals surface area (Å²) in [6.07, 6.45) is 1.49. The number of rotatable bonds is 7. The molecule has 0 heterocycles. The summed E-state index contributed by atoms with van der Waals surface area (Å²) in [5.41, 5.74) is 4.12. The van der Waals surface area contributed by atoms with Crippen molar-refractivity contribution in [1.82, 2.24) is 5.43 Å². The molecule has 1 N–H and O–H groups in total. The number of esters is 1. The summed E-state index contributed by atoms with van der Waals surface area (Å²) >= 11 is 3.34. The number of fused-ring (bicyclic) bond motifs is 1. The van der Waals surface area contributed by atoms with E-state index in [0.717, 1.165) is 15.2 Å². The van der Waals surface area contributed by atoms with Gasteiger partial charge in [0.2, 0.25) is 0 Å². The van der Waals surface area contributed by atoms with E-state index < -0.39 is 5.97 Å². The Kier molecular flexibility index (Phi) is 7.34. The highest BCUT2D eigenvalue weighted by molar-refractivity contribution is 9.10. The standard InChI is InChI=1S/C27H21BrN2O4/c1-2-33-25-15-18(17-29-30-26(31)20-9-5-10-21(28)16-20)13-14-24(25)34-27(32)23-12-6-8-19-7-3-4-11-22(19)23/h3-17H,2H2,1H3,(H,30,31)/b29-17-. The van der Waals surface area contributed by atoms with Crippen molar-refractivity contribution in [2.45, 2.75) is 6.92 Å². The molecule has 170 valence electrons. The third-order valence-corrected chi connectivity index (χ3v) is 5.44. The first-order chi connectivity index (χ1) is 16.5. The average Bonchev–Trinajstić information content (AvgIpc) is 2.85. The minimum absolute atomic E-state index is 0.301. The summed E-state index contributed by atoms with van der Waals surface area (Å²) < 4.78 is 12.2. The van der Waals surface area contributed by atoms with Gasteiger partial charge < -0.3 is 9.47 Å². The molecule has 0 spiro atoms. The van der Waals surface area contributed by atoms with Crippen LogP contribution in [0.3, 0.4) is 0 Å². The number of halogens is 1. The van der Waals surface area contributed by atoms with Crippen LogP contribution in [0.4, 0.5) is 0 Å². The first-order valence-electron chi connectivity index (χ1n) is 10.6. The molecule has 7 heteroatoms. The van der Waals surface area contributed by atoms with Gasteiger partial charge in [0.1, 0.15) is 0 Å². The van der Waals surface area contributed by atoms with Crippen molar-refractivity contribution >= 4 is 44.8 Å². The lowest BCUT2D eigenvalue weighted by molar-refractivity contribution is 0.0730. The zero-order valence-electron chi connectivity index (χ0n) is 18.3. The maximum absolute atomic E-state index is 12.9. The van der Waals surface area contributed by atoms with Crippen molar-refractivity contribution in [3.63, 3.8) is 0 Å². The predicted octanol–water partition coefficient (Wildman–Crippen LogP) is 5.98. The van der Waals surface area contributed by atoms with Gasteiger partial charge in [-0.15, -0.1) is 0 Å². The van der Waals surface area contributed by atoms with Gasteiger partial charge in [0.15, 0.2) is 11.5 Å². The zero-order chi connectivity index (χ0) is 23.9. The fourth-order valence-corrected chi connectivity index (χ4v) is 3.77. The quantitative estimate of drug-likeness (QED) is 0.142. The molecule has 1 amide bonds. The molecule has 0 aliphatic carbocycles. The summed E-state index contributed by atoms with van der Waals surface area (Å²) in [7, 11) is 0. The summed E-state index contributed by atoms with van der Waals surface area (Å²) in [4.78, 5) is 25.2. The topological polar surface area (TPSA) is 77.0 Å². The van der Waals surface area contributed by atoms with E-state index in [4.69, 9.17) is 9.47 Å². The van der Waals surface area contributed by atoms with Gasteiger partial charge in [0, 0.05) is 10.0 Å². The Hall–Kier alpha value is -3.97. The van der Waals surface area contributed by atoms with E-state index in [1.807, 2.05) is 49.4 Å². The maximum atomic E-state index is 12.9. The van der Waals surface area contributed by atoms with Crippen LogP contribution in [0.2, 0.25) is 0 Å². The Morgan fingerprint density at radius 3 is 2.56 bits per heavy atom. The minimum atomic E-state index is -0.472. The third-order valence-electron chi connectivity index (χ3n) is 4.95. The van der Waals surface area contributed by atoms with E-state index in [1.54, 1.807) is 42.5 Å². The number of amides is 1. The van der Waals surface area contributed by atoms with Crippen LogP contribution in [0, 0.1) is 0 Å². The Labute approximate surface area is 205 Å². The van der Waals surface area contributed by atoms with Gasteiger partial charge in [-0.2, -0.15) is 5.10 Å². The summed E-state index contributed by atoms with van der Waals surface area (Å²) in [5, 5.41) is 5.79. The Bertz CT molecular complexity index is 1380. The lowest BCUT2D eigenvalue weighted by Crippen LogP contribution is -2.17. The SMILES string of the molecule is CCOc1cc(/C=N\NC(=O)c2cccc(Br)c2)ccc1OC(=O)c1cccc2ccccc12. The number of benzene rings is 4. The second-order valence-corrected chi connectivity index (χ2v) is 8.18. The summed E-state index contributed by atoms with van der Waals surface area (Å²) in [6, 6.07) is 25.2. The van der Waals surface area contributed by atoms with Crippen LogP contribution in [0.15, 0.2) is 94.5 Å². The molecular formula is C27H21BrN2O4. The first-order valence-corrected chi connectivity index (χ1v) is 11.4. The lowest BCUT2D eigenvalue weighted by Gasteiger charge is -2.12. The van der Waals surface area contributed by atoms with Crippen molar-refractivity contribution < 1.29 is 19.1 Å². The number of hydrogen-bond acceptors (Lipinski definition) is 5. The van der Waals surface area contributed by atoms with Crippen molar-refractivity contribution in [3.8, 4) is 11.5 Å². The number of hydrazone groups is 1. The molecule has 0 atom stereocenters. The largest absolute Gasteiger partial charge is 0.490 e. The highest BCUT2D eigenvalue weighted by atomic mass is 79.9. The van der Waals surface area contributed by atoms with Crippen molar-refractivity contribution in [2.24, 2.45) is 5.10 Å². The van der Waals surface area contributed by atoms with Crippen LogP contribution in [-0.2, 0) is 0 Å². The Morgan fingerprint density at radius 1 is 0.941 bits per heavy atom. The molecule has 0 unspecified atom stereocenters.